The lowest BCUT2D eigenvalue weighted by Crippen LogP contribution is -2.14. The Kier molecular flexibility index (Phi) is 7.46. The number of nitrogens with one attached hydrogen (secondary N) is 3. The number of nitrogens with zero attached hydrogens (tertiary/aromatic N) is 1. The molecule has 3 aromatic carbocycles. The summed E-state index contributed by atoms with van der Waals surface area (Å²) < 4.78 is 0. The summed E-state index contributed by atoms with van der Waals surface area (Å²) in [7, 11) is 0. The summed E-state index contributed by atoms with van der Waals surface area (Å²) in [4.78, 5) is 25.6. The summed E-state index contributed by atoms with van der Waals surface area (Å²) in [6.45, 7) is 1.42. The molecule has 154 valence electrons. The van der Waals surface area contributed by atoms with Crippen LogP contribution < -0.4 is 16.0 Å². The van der Waals surface area contributed by atoms with Crippen molar-refractivity contribution in [2.45, 2.75) is 16.7 Å². The third-order valence-corrected chi connectivity index (χ3v) is 5.14. The number of nitriles is 1. The second kappa shape index (κ2) is 10.7. The Hall–Kier alpha value is -4.02. The smallest absolute Gasteiger partial charge is 0.267 e. The molecule has 3 aromatic rings. The molecule has 3 rings (SSSR count). The van der Waals surface area contributed by atoms with Gasteiger partial charge in [0.2, 0.25) is 5.91 Å². The number of carbonyl (C=O) groups excluding carboxylic acids is 2. The predicted octanol–water partition coefficient (Wildman–Crippen LogP) is 5.25. The minimum atomic E-state index is -0.532. The molecule has 0 heterocycles. The van der Waals surface area contributed by atoms with Gasteiger partial charge >= 0.3 is 0 Å². The van der Waals surface area contributed by atoms with Crippen molar-refractivity contribution in [3.63, 3.8) is 0 Å². The Labute approximate surface area is 185 Å². The summed E-state index contributed by atoms with van der Waals surface area (Å²) in [6.07, 6.45) is 1.39. The molecular formula is C24H20N4O2S. The minimum Gasteiger partial charge on any atom is -0.359 e. The van der Waals surface area contributed by atoms with Crippen molar-refractivity contribution in [3.05, 3.63) is 90.6 Å². The van der Waals surface area contributed by atoms with Gasteiger partial charge in [-0.2, -0.15) is 5.26 Å². The van der Waals surface area contributed by atoms with Crippen LogP contribution in [0.4, 0.5) is 17.1 Å². The van der Waals surface area contributed by atoms with Gasteiger partial charge in [0.05, 0.1) is 5.69 Å². The second-order valence-electron chi connectivity index (χ2n) is 6.44. The van der Waals surface area contributed by atoms with Crippen LogP contribution in [0.3, 0.4) is 0 Å². The molecule has 0 aliphatic carbocycles. The Balaban J connectivity index is 1.69. The monoisotopic (exact) mass is 428 g/mol. The first kappa shape index (κ1) is 21.7. The van der Waals surface area contributed by atoms with Gasteiger partial charge in [-0.1, -0.05) is 42.1 Å². The number of para-hydroxylation sites is 1. The van der Waals surface area contributed by atoms with Crippen molar-refractivity contribution < 1.29 is 9.59 Å². The average molecular weight is 429 g/mol. The molecular weight excluding hydrogens is 408 g/mol. The van der Waals surface area contributed by atoms with Crippen LogP contribution in [0.25, 0.3) is 0 Å². The molecule has 2 amide bonds. The number of rotatable bonds is 7. The molecule has 0 saturated heterocycles. The number of anilines is 3. The van der Waals surface area contributed by atoms with Gasteiger partial charge in [-0.25, -0.2) is 0 Å². The topological polar surface area (TPSA) is 94.0 Å². The summed E-state index contributed by atoms with van der Waals surface area (Å²) in [5, 5.41) is 17.8. The Morgan fingerprint density at radius 1 is 0.871 bits per heavy atom. The molecule has 31 heavy (non-hydrogen) atoms. The zero-order valence-electron chi connectivity index (χ0n) is 16.8. The first-order valence-electron chi connectivity index (χ1n) is 9.43. The fourth-order valence-corrected chi connectivity index (χ4v) is 3.56. The van der Waals surface area contributed by atoms with Crippen molar-refractivity contribution in [1.29, 1.82) is 5.26 Å². The Morgan fingerprint density at radius 2 is 1.48 bits per heavy atom. The van der Waals surface area contributed by atoms with Crippen molar-refractivity contribution in [2.75, 3.05) is 16.0 Å². The van der Waals surface area contributed by atoms with Gasteiger partial charge < -0.3 is 16.0 Å². The largest absolute Gasteiger partial charge is 0.359 e. The highest BCUT2D eigenvalue weighted by atomic mass is 32.2. The van der Waals surface area contributed by atoms with Crippen LogP contribution in [0.1, 0.15) is 6.92 Å². The molecule has 0 fully saturated rings. The maximum atomic E-state index is 12.5. The van der Waals surface area contributed by atoms with Gasteiger partial charge in [-0.3, -0.25) is 9.59 Å². The third-order valence-electron chi connectivity index (χ3n) is 4.06. The quantitative estimate of drug-likeness (QED) is 0.353. The lowest BCUT2D eigenvalue weighted by molar-refractivity contribution is -0.114. The van der Waals surface area contributed by atoms with Crippen molar-refractivity contribution in [1.82, 2.24) is 0 Å². The van der Waals surface area contributed by atoms with Gasteiger partial charge in [0.15, 0.2) is 0 Å². The maximum Gasteiger partial charge on any atom is 0.267 e. The molecule has 6 nitrogen and oxygen atoms in total. The average Bonchev–Trinajstić information content (AvgIpc) is 2.77. The normalized spacial score (nSPS) is 10.6. The summed E-state index contributed by atoms with van der Waals surface area (Å²) >= 11 is 1.58. The highest BCUT2D eigenvalue weighted by Crippen LogP contribution is 2.33. The van der Waals surface area contributed by atoms with Crippen LogP contribution in [0.15, 0.2) is 100 Å². The number of amides is 2. The predicted molar refractivity (Wildman–Crippen MR) is 124 cm³/mol. The molecule has 3 N–H and O–H groups in total. The number of hydrogen-bond donors (Lipinski definition) is 3. The van der Waals surface area contributed by atoms with E-state index in [-0.39, 0.29) is 11.5 Å². The van der Waals surface area contributed by atoms with Crippen molar-refractivity contribution in [3.8, 4) is 6.07 Å². The number of benzene rings is 3. The molecule has 0 unspecified atom stereocenters. The van der Waals surface area contributed by atoms with Gasteiger partial charge in [-0.15, -0.1) is 0 Å². The van der Waals surface area contributed by atoms with E-state index >= 15 is 0 Å². The van der Waals surface area contributed by atoms with Gasteiger partial charge in [0.1, 0.15) is 11.6 Å². The standard InChI is InChI=1S/C24H20N4O2S/c1-17(29)27-19-11-13-20(14-12-19)28-24(30)18(15-25)16-26-22-9-5-6-10-23(22)31-21-7-3-2-4-8-21/h2-14,16,26H,1H3,(H,27,29)(H,28,30)/b18-16-. The molecule has 0 saturated carbocycles. The molecule has 0 aromatic heterocycles. The number of carbonyl (C=O) groups is 2. The van der Waals surface area contributed by atoms with E-state index in [2.05, 4.69) is 16.0 Å². The second-order valence-corrected chi connectivity index (χ2v) is 7.55. The van der Waals surface area contributed by atoms with E-state index in [0.717, 1.165) is 15.5 Å². The Morgan fingerprint density at radius 3 is 2.13 bits per heavy atom. The molecule has 0 radical (unpaired) electrons. The first-order chi connectivity index (χ1) is 15.0. The van der Waals surface area contributed by atoms with E-state index in [4.69, 9.17) is 0 Å². The zero-order valence-corrected chi connectivity index (χ0v) is 17.6. The fraction of sp³-hybridized carbons (Fsp3) is 0.0417. The zero-order chi connectivity index (χ0) is 22.1. The minimum absolute atomic E-state index is 0.0644. The maximum absolute atomic E-state index is 12.5. The molecule has 0 bridgehead atoms. The molecule has 0 spiro atoms. The molecule has 0 aliphatic heterocycles. The number of hydrogen-bond acceptors (Lipinski definition) is 5. The van der Waals surface area contributed by atoms with Crippen LogP contribution in [-0.2, 0) is 9.59 Å². The van der Waals surface area contributed by atoms with Crippen LogP contribution >= 0.6 is 11.8 Å². The van der Waals surface area contributed by atoms with E-state index < -0.39 is 5.91 Å². The van der Waals surface area contributed by atoms with Crippen LogP contribution in [0.5, 0.6) is 0 Å². The van der Waals surface area contributed by atoms with Gasteiger partial charge in [0.25, 0.3) is 5.91 Å². The summed E-state index contributed by atoms with van der Waals surface area (Å²) in [6, 6.07) is 26.2. The fourth-order valence-electron chi connectivity index (χ4n) is 2.63. The van der Waals surface area contributed by atoms with E-state index in [9.17, 15) is 14.9 Å². The molecule has 7 heteroatoms. The van der Waals surface area contributed by atoms with Crippen molar-refractivity contribution >= 4 is 40.6 Å². The van der Waals surface area contributed by atoms with Gasteiger partial charge in [-0.05, 0) is 48.5 Å². The van der Waals surface area contributed by atoms with Crippen LogP contribution in [0, 0.1) is 11.3 Å². The summed E-state index contributed by atoms with van der Waals surface area (Å²) in [5.74, 6) is -0.710. The highest BCUT2D eigenvalue weighted by Gasteiger charge is 2.10. The first-order valence-corrected chi connectivity index (χ1v) is 10.2. The lowest BCUT2D eigenvalue weighted by atomic mass is 10.2. The third kappa shape index (κ3) is 6.49. The lowest BCUT2D eigenvalue weighted by Gasteiger charge is -2.10. The van der Waals surface area contributed by atoms with Crippen molar-refractivity contribution in [2.24, 2.45) is 0 Å². The van der Waals surface area contributed by atoms with Crippen LogP contribution in [0.2, 0.25) is 0 Å². The molecule has 0 aliphatic rings. The highest BCUT2D eigenvalue weighted by molar-refractivity contribution is 7.99. The van der Waals surface area contributed by atoms with E-state index in [1.807, 2.05) is 60.7 Å². The SMILES string of the molecule is CC(=O)Nc1ccc(NC(=O)/C(C#N)=C\Nc2ccccc2Sc2ccccc2)cc1. The van der Waals surface area contributed by atoms with Crippen LogP contribution in [-0.4, -0.2) is 11.8 Å². The molecule has 0 atom stereocenters. The van der Waals surface area contributed by atoms with Gasteiger partial charge in [0, 0.05) is 34.3 Å². The summed E-state index contributed by atoms with van der Waals surface area (Å²) in [5.41, 5.74) is 1.86. The van der Waals surface area contributed by atoms with E-state index in [0.29, 0.717) is 11.4 Å². The van der Waals surface area contributed by atoms with E-state index in [1.165, 1.54) is 13.1 Å². The Bertz CT molecular complexity index is 1140. The van der Waals surface area contributed by atoms with E-state index in [1.54, 1.807) is 36.0 Å².